The van der Waals surface area contributed by atoms with Gasteiger partial charge in [0.25, 0.3) is 0 Å². The second-order valence-corrected chi connectivity index (χ2v) is 7.94. The van der Waals surface area contributed by atoms with Gasteiger partial charge >= 0.3 is 6.03 Å². The maximum Gasteiger partial charge on any atom is 0.325 e. The molecule has 0 aliphatic carbocycles. The standard InChI is InChI=1S/C14H14N4O4S3/c1-23-13-17-18-14(25-13)24-7-11(19)16-12(20)15-8-2-3-9-10(6-8)22-5-4-21-9/h2-3,6H,4-5,7H2,1H3,(H2,15,16,19,20). The molecule has 1 aliphatic heterocycles. The van der Waals surface area contributed by atoms with Crippen molar-refractivity contribution in [2.24, 2.45) is 0 Å². The molecule has 2 heterocycles. The van der Waals surface area contributed by atoms with Gasteiger partial charge in [0, 0.05) is 11.8 Å². The number of ether oxygens (including phenoxy) is 2. The van der Waals surface area contributed by atoms with Crippen molar-refractivity contribution in [3.63, 3.8) is 0 Å². The van der Waals surface area contributed by atoms with Crippen molar-refractivity contribution >= 4 is 52.5 Å². The highest BCUT2D eigenvalue weighted by atomic mass is 32.2. The molecule has 1 aromatic heterocycles. The third-order valence-corrected chi connectivity index (χ3v) is 5.97. The van der Waals surface area contributed by atoms with E-state index in [4.69, 9.17) is 9.47 Å². The van der Waals surface area contributed by atoms with Gasteiger partial charge in [-0.05, 0) is 18.4 Å². The van der Waals surface area contributed by atoms with Crippen molar-refractivity contribution < 1.29 is 19.1 Å². The van der Waals surface area contributed by atoms with Crippen LogP contribution in [-0.4, -0.2) is 47.4 Å². The fourth-order valence-corrected chi connectivity index (χ4v) is 4.15. The van der Waals surface area contributed by atoms with Gasteiger partial charge in [-0.3, -0.25) is 10.1 Å². The van der Waals surface area contributed by atoms with E-state index in [1.165, 1.54) is 34.9 Å². The third-order valence-electron chi connectivity index (χ3n) is 2.94. The predicted molar refractivity (Wildman–Crippen MR) is 97.0 cm³/mol. The number of hydrogen-bond donors (Lipinski definition) is 2. The molecule has 25 heavy (non-hydrogen) atoms. The Bertz CT molecular complexity index is 783. The van der Waals surface area contributed by atoms with E-state index in [2.05, 4.69) is 20.8 Å². The zero-order chi connectivity index (χ0) is 17.6. The van der Waals surface area contributed by atoms with E-state index in [1.807, 2.05) is 6.26 Å². The second kappa shape index (κ2) is 8.41. The molecule has 8 nitrogen and oxygen atoms in total. The Labute approximate surface area is 156 Å². The van der Waals surface area contributed by atoms with Crippen LogP contribution in [0.1, 0.15) is 0 Å². The lowest BCUT2D eigenvalue weighted by Crippen LogP contribution is -2.35. The number of carbonyl (C=O) groups excluding carboxylic acids is 2. The Morgan fingerprint density at radius 2 is 1.96 bits per heavy atom. The normalized spacial score (nSPS) is 12.5. The quantitative estimate of drug-likeness (QED) is 0.741. The van der Waals surface area contributed by atoms with Crippen molar-refractivity contribution in [2.45, 2.75) is 8.68 Å². The number of urea groups is 1. The van der Waals surface area contributed by atoms with E-state index in [9.17, 15) is 9.59 Å². The number of carbonyl (C=O) groups is 2. The van der Waals surface area contributed by atoms with Gasteiger partial charge < -0.3 is 14.8 Å². The van der Waals surface area contributed by atoms with Crippen LogP contribution in [-0.2, 0) is 4.79 Å². The number of nitrogens with zero attached hydrogens (tertiary/aromatic N) is 2. The average Bonchev–Trinajstić information content (AvgIpc) is 3.08. The molecule has 0 fully saturated rings. The minimum absolute atomic E-state index is 0.0809. The van der Waals surface area contributed by atoms with Gasteiger partial charge in [-0.15, -0.1) is 10.2 Å². The fourth-order valence-electron chi connectivity index (χ4n) is 1.91. The predicted octanol–water partition coefficient (Wildman–Crippen LogP) is 2.47. The summed E-state index contributed by atoms with van der Waals surface area (Å²) in [5.74, 6) is 0.858. The molecule has 132 valence electrons. The number of hydrogen-bond acceptors (Lipinski definition) is 9. The summed E-state index contributed by atoms with van der Waals surface area (Å²) in [6.07, 6.45) is 1.91. The van der Waals surface area contributed by atoms with E-state index in [-0.39, 0.29) is 5.75 Å². The molecule has 2 aromatic rings. The van der Waals surface area contributed by atoms with Crippen molar-refractivity contribution in [1.29, 1.82) is 0 Å². The summed E-state index contributed by atoms with van der Waals surface area (Å²) < 4.78 is 12.4. The smallest absolute Gasteiger partial charge is 0.325 e. The highest BCUT2D eigenvalue weighted by Gasteiger charge is 2.14. The highest BCUT2D eigenvalue weighted by Crippen LogP contribution is 2.32. The molecule has 0 saturated heterocycles. The monoisotopic (exact) mass is 398 g/mol. The van der Waals surface area contributed by atoms with Crippen LogP contribution < -0.4 is 20.1 Å². The van der Waals surface area contributed by atoms with E-state index < -0.39 is 11.9 Å². The number of amides is 3. The van der Waals surface area contributed by atoms with Crippen molar-refractivity contribution in [1.82, 2.24) is 15.5 Å². The van der Waals surface area contributed by atoms with Gasteiger partial charge in [0.1, 0.15) is 13.2 Å². The van der Waals surface area contributed by atoms with Crippen LogP contribution in [0.3, 0.4) is 0 Å². The zero-order valence-electron chi connectivity index (χ0n) is 13.1. The van der Waals surface area contributed by atoms with E-state index in [0.29, 0.717) is 34.7 Å². The molecule has 11 heteroatoms. The molecule has 3 amide bonds. The van der Waals surface area contributed by atoms with Gasteiger partial charge in [-0.25, -0.2) is 4.79 Å². The third kappa shape index (κ3) is 5.00. The van der Waals surface area contributed by atoms with Crippen molar-refractivity contribution in [3.8, 4) is 11.5 Å². The summed E-state index contributed by atoms with van der Waals surface area (Å²) in [5, 5.41) is 12.8. The fraction of sp³-hybridized carbons (Fsp3) is 0.286. The summed E-state index contributed by atoms with van der Waals surface area (Å²) in [6, 6.07) is 4.43. The molecule has 1 aromatic carbocycles. The number of imide groups is 1. The van der Waals surface area contributed by atoms with Gasteiger partial charge in [0.2, 0.25) is 5.91 Å². The number of benzene rings is 1. The van der Waals surface area contributed by atoms with E-state index in [0.717, 1.165) is 4.34 Å². The molecule has 0 radical (unpaired) electrons. The minimum Gasteiger partial charge on any atom is -0.486 e. The van der Waals surface area contributed by atoms with Gasteiger partial charge in [-0.1, -0.05) is 34.9 Å². The Morgan fingerprint density at radius 3 is 2.72 bits per heavy atom. The molecular weight excluding hydrogens is 384 g/mol. The minimum atomic E-state index is -0.607. The number of nitrogens with one attached hydrogen (secondary N) is 2. The molecule has 0 saturated carbocycles. The van der Waals surface area contributed by atoms with Crippen molar-refractivity contribution in [2.75, 3.05) is 30.5 Å². The lowest BCUT2D eigenvalue weighted by Gasteiger charge is -2.19. The maximum atomic E-state index is 11.9. The number of rotatable bonds is 5. The molecule has 1 aliphatic rings. The first-order valence-electron chi connectivity index (χ1n) is 7.15. The van der Waals surface area contributed by atoms with Crippen LogP contribution >= 0.6 is 34.9 Å². The first kappa shape index (κ1) is 17.8. The van der Waals surface area contributed by atoms with Crippen LogP contribution in [0.25, 0.3) is 0 Å². The molecule has 0 unspecified atom stereocenters. The van der Waals surface area contributed by atoms with Gasteiger partial charge in [0.05, 0.1) is 5.75 Å². The maximum absolute atomic E-state index is 11.9. The molecule has 2 N–H and O–H groups in total. The Morgan fingerprint density at radius 1 is 1.20 bits per heavy atom. The van der Waals surface area contributed by atoms with E-state index >= 15 is 0 Å². The second-order valence-electron chi connectivity index (χ2n) is 4.69. The number of aromatic nitrogens is 2. The molecular formula is C14H14N4O4S3. The zero-order valence-corrected chi connectivity index (χ0v) is 15.6. The SMILES string of the molecule is CSc1nnc(SCC(=O)NC(=O)Nc2ccc3c(c2)OCCO3)s1. The first-order valence-corrected chi connectivity index (χ1v) is 10.2. The Kier molecular flexibility index (Phi) is 6.00. The molecule has 0 spiro atoms. The van der Waals surface area contributed by atoms with Gasteiger partial charge in [0.15, 0.2) is 20.2 Å². The van der Waals surface area contributed by atoms with Gasteiger partial charge in [-0.2, -0.15) is 0 Å². The van der Waals surface area contributed by atoms with Crippen LogP contribution in [0.4, 0.5) is 10.5 Å². The molecule has 0 atom stereocenters. The summed E-state index contributed by atoms with van der Waals surface area (Å²) in [4.78, 5) is 23.7. The highest BCUT2D eigenvalue weighted by molar-refractivity contribution is 8.03. The lowest BCUT2D eigenvalue weighted by atomic mass is 10.2. The molecule has 0 bridgehead atoms. The average molecular weight is 398 g/mol. The Hall–Kier alpha value is -1.98. The number of fused-ring (bicyclic) bond motifs is 1. The van der Waals surface area contributed by atoms with Crippen LogP contribution in [0, 0.1) is 0 Å². The largest absolute Gasteiger partial charge is 0.486 e. The summed E-state index contributed by atoms with van der Waals surface area (Å²) in [7, 11) is 0. The number of anilines is 1. The summed E-state index contributed by atoms with van der Waals surface area (Å²) in [5.41, 5.74) is 0.510. The number of thioether (sulfide) groups is 2. The van der Waals surface area contributed by atoms with Crippen LogP contribution in [0.2, 0.25) is 0 Å². The Balaban J connectivity index is 1.47. The lowest BCUT2D eigenvalue weighted by molar-refractivity contribution is -0.117. The van der Waals surface area contributed by atoms with Crippen molar-refractivity contribution in [3.05, 3.63) is 18.2 Å². The van der Waals surface area contributed by atoms with E-state index in [1.54, 1.807) is 18.2 Å². The first-order chi connectivity index (χ1) is 12.1. The summed E-state index contributed by atoms with van der Waals surface area (Å²) in [6.45, 7) is 0.960. The van der Waals surface area contributed by atoms with Crippen LogP contribution in [0.5, 0.6) is 11.5 Å². The molecule has 3 rings (SSSR count). The topological polar surface area (TPSA) is 102 Å². The van der Waals surface area contributed by atoms with Crippen LogP contribution in [0.15, 0.2) is 26.9 Å². The summed E-state index contributed by atoms with van der Waals surface area (Å²) >= 11 is 4.13.